The molecule has 1 saturated heterocycles. The Morgan fingerprint density at radius 3 is 2.47 bits per heavy atom. The van der Waals surface area contributed by atoms with Gasteiger partial charge in [0.2, 0.25) is 17.7 Å². The van der Waals surface area contributed by atoms with Gasteiger partial charge in [-0.25, -0.2) is 9.79 Å². The van der Waals surface area contributed by atoms with E-state index in [0.29, 0.717) is 11.3 Å². The van der Waals surface area contributed by atoms with Gasteiger partial charge < -0.3 is 15.7 Å². The third-order valence-corrected chi connectivity index (χ3v) is 7.72. The van der Waals surface area contributed by atoms with Gasteiger partial charge in [-0.15, -0.1) is 11.8 Å². The van der Waals surface area contributed by atoms with Gasteiger partial charge in [0.1, 0.15) is 16.9 Å². The fourth-order valence-corrected chi connectivity index (χ4v) is 5.36. The van der Waals surface area contributed by atoms with Gasteiger partial charge in [-0.05, 0) is 41.5 Å². The van der Waals surface area contributed by atoms with E-state index < -0.39 is 34.3 Å². The molecule has 1 aromatic heterocycles. The Hall–Kier alpha value is -3.77. The number of anilines is 1. The van der Waals surface area contributed by atoms with Crippen molar-refractivity contribution >= 4 is 46.2 Å². The van der Waals surface area contributed by atoms with Crippen molar-refractivity contribution in [3.05, 3.63) is 86.1 Å². The van der Waals surface area contributed by atoms with Crippen LogP contribution in [0.3, 0.4) is 0 Å². The number of nitrogens with zero attached hydrogens (tertiary/aromatic N) is 1. The number of amides is 2. The van der Waals surface area contributed by atoms with Crippen LogP contribution in [0.25, 0.3) is 0 Å². The molecule has 0 aliphatic carbocycles. The van der Waals surface area contributed by atoms with Gasteiger partial charge in [0, 0.05) is 17.0 Å². The number of hydrogen-bond donors (Lipinski definition) is 5. The van der Waals surface area contributed by atoms with Crippen LogP contribution in [-0.4, -0.2) is 43.6 Å². The highest BCUT2D eigenvalue weighted by Crippen LogP contribution is 2.32. The standard InChI is InChI=1S/C26H27N5O5S2/c1-13(2)14-7-9-15(10-8-14)21(20-23(34)29-25(36)30-24(20)35)28-26-31-22(33)18(38-26)12-19(32)27-16-5-4-6-17(11-16)37-3/h4-11,13,18,21H,12H2,1-3H3,(H,27,32)(H,28,31,33)(H3,29,30,34,35,36). The Morgan fingerprint density at radius 2 is 1.82 bits per heavy atom. The second kappa shape index (κ2) is 11.7. The summed E-state index contributed by atoms with van der Waals surface area (Å²) in [5.41, 5.74) is 0.453. The van der Waals surface area contributed by atoms with Crippen LogP contribution in [-0.2, 0) is 9.59 Å². The van der Waals surface area contributed by atoms with Crippen LogP contribution in [0.1, 0.15) is 48.9 Å². The molecule has 198 valence electrons. The van der Waals surface area contributed by atoms with E-state index in [2.05, 4.69) is 25.6 Å². The molecule has 0 spiro atoms. The number of thioether (sulfide) groups is 2. The summed E-state index contributed by atoms with van der Waals surface area (Å²) in [5.74, 6) is -1.06. The molecule has 1 fully saturated rings. The first kappa shape index (κ1) is 27.3. The quantitative estimate of drug-likeness (QED) is 0.268. The number of benzene rings is 2. The van der Waals surface area contributed by atoms with Crippen LogP contribution in [0.15, 0.2) is 68.0 Å². The highest BCUT2D eigenvalue weighted by Gasteiger charge is 2.34. The average Bonchev–Trinajstić information content (AvgIpc) is 3.21. The van der Waals surface area contributed by atoms with Crippen molar-refractivity contribution in [1.82, 2.24) is 15.3 Å². The first-order chi connectivity index (χ1) is 18.1. The van der Waals surface area contributed by atoms with Crippen molar-refractivity contribution in [2.24, 2.45) is 4.99 Å². The number of aromatic hydroxyl groups is 1. The maximum Gasteiger partial charge on any atom is 0.328 e. The molecule has 3 aromatic rings. The number of carbonyl (C=O) groups is 2. The number of carbonyl (C=O) groups excluding carboxylic acids is 2. The lowest BCUT2D eigenvalue weighted by molar-refractivity contribution is -0.122. The summed E-state index contributed by atoms with van der Waals surface area (Å²) in [6.45, 7) is 4.09. The maximum absolute atomic E-state index is 12.7. The summed E-state index contributed by atoms with van der Waals surface area (Å²) < 4.78 is 0. The van der Waals surface area contributed by atoms with E-state index in [0.717, 1.165) is 22.2 Å². The molecular weight excluding hydrogens is 526 g/mol. The van der Waals surface area contributed by atoms with Crippen molar-refractivity contribution < 1.29 is 14.7 Å². The number of hydrogen-bond acceptors (Lipinski definition) is 8. The molecular formula is C26H27N5O5S2. The maximum atomic E-state index is 12.7. The predicted molar refractivity (Wildman–Crippen MR) is 150 cm³/mol. The van der Waals surface area contributed by atoms with Gasteiger partial charge in [-0.1, -0.05) is 55.9 Å². The zero-order valence-corrected chi connectivity index (χ0v) is 22.5. The second-order valence-corrected chi connectivity index (χ2v) is 11.0. The van der Waals surface area contributed by atoms with Gasteiger partial charge in [0.15, 0.2) is 5.17 Å². The molecule has 2 aromatic carbocycles. The lowest BCUT2D eigenvalue weighted by Gasteiger charge is -2.15. The van der Waals surface area contributed by atoms with Gasteiger partial charge in [-0.3, -0.25) is 24.4 Å². The minimum absolute atomic E-state index is 0.0861. The van der Waals surface area contributed by atoms with E-state index in [1.165, 1.54) is 0 Å². The van der Waals surface area contributed by atoms with Crippen molar-refractivity contribution in [2.45, 2.75) is 42.4 Å². The van der Waals surface area contributed by atoms with Gasteiger partial charge in [0.05, 0.1) is 0 Å². The molecule has 0 saturated carbocycles. The molecule has 2 amide bonds. The van der Waals surface area contributed by atoms with Crippen molar-refractivity contribution in [2.75, 3.05) is 11.6 Å². The summed E-state index contributed by atoms with van der Waals surface area (Å²) in [6, 6.07) is 13.7. The highest BCUT2D eigenvalue weighted by atomic mass is 32.2. The Bertz CT molecular complexity index is 1500. The fraction of sp³-hybridized carbons (Fsp3) is 0.269. The van der Waals surface area contributed by atoms with Crippen LogP contribution >= 0.6 is 23.5 Å². The molecule has 2 heterocycles. The topological polar surface area (TPSA) is 157 Å². The summed E-state index contributed by atoms with van der Waals surface area (Å²) in [5, 5.41) is 15.4. The molecule has 2 unspecified atom stereocenters. The molecule has 12 heteroatoms. The lowest BCUT2D eigenvalue weighted by atomic mass is 9.96. The zero-order chi connectivity index (χ0) is 27.4. The second-order valence-electron chi connectivity index (χ2n) is 8.91. The van der Waals surface area contributed by atoms with Crippen LogP contribution in [0, 0.1) is 0 Å². The molecule has 2 atom stereocenters. The summed E-state index contributed by atoms with van der Waals surface area (Å²) in [6.07, 6.45) is 1.85. The number of aromatic amines is 2. The monoisotopic (exact) mass is 553 g/mol. The number of amidine groups is 1. The molecule has 38 heavy (non-hydrogen) atoms. The van der Waals surface area contributed by atoms with Crippen molar-refractivity contribution in [1.29, 1.82) is 0 Å². The number of nitrogens with one attached hydrogen (secondary N) is 4. The van der Waals surface area contributed by atoms with E-state index in [1.807, 2.05) is 50.4 Å². The zero-order valence-electron chi connectivity index (χ0n) is 20.9. The van der Waals surface area contributed by atoms with Crippen molar-refractivity contribution in [3.8, 4) is 5.88 Å². The Labute approximate surface area is 226 Å². The van der Waals surface area contributed by atoms with Crippen molar-refractivity contribution in [3.63, 3.8) is 0 Å². The summed E-state index contributed by atoms with van der Waals surface area (Å²) in [4.78, 5) is 59.5. The Kier molecular flexibility index (Phi) is 8.42. The number of H-pyrrole nitrogens is 2. The Balaban J connectivity index is 1.59. The van der Waals surface area contributed by atoms with E-state index in [9.17, 15) is 24.3 Å². The molecule has 0 bridgehead atoms. The molecule has 1 aliphatic heterocycles. The lowest BCUT2D eigenvalue weighted by Crippen LogP contribution is -2.29. The van der Waals surface area contributed by atoms with Crippen LogP contribution in [0.5, 0.6) is 5.88 Å². The summed E-state index contributed by atoms with van der Waals surface area (Å²) >= 11 is 2.62. The van der Waals surface area contributed by atoms with Crippen LogP contribution in [0.2, 0.25) is 0 Å². The minimum atomic E-state index is -1.03. The first-order valence-corrected chi connectivity index (χ1v) is 13.9. The van der Waals surface area contributed by atoms with Crippen LogP contribution < -0.4 is 21.9 Å². The molecule has 5 N–H and O–H groups in total. The molecule has 10 nitrogen and oxygen atoms in total. The largest absolute Gasteiger partial charge is 0.494 e. The number of rotatable bonds is 8. The highest BCUT2D eigenvalue weighted by molar-refractivity contribution is 8.15. The predicted octanol–water partition coefficient (Wildman–Crippen LogP) is 3.32. The number of aromatic nitrogens is 2. The molecule has 1 aliphatic rings. The van der Waals surface area contributed by atoms with E-state index in [1.54, 1.807) is 30.0 Å². The van der Waals surface area contributed by atoms with Gasteiger partial charge in [-0.2, -0.15) is 0 Å². The first-order valence-electron chi connectivity index (χ1n) is 11.8. The Morgan fingerprint density at radius 1 is 1.11 bits per heavy atom. The molecule has 0 radical (unpaired) electrons. The smallest absolute Gasteiger partial charge is 0.328 e. The van der Waals surface area contributed by atoms with Gasteiger partial charge in [0.25, 0.3) is 5.56 Å². The third-order valence-electron chi connectivity index (χ3n) is 5.90. The van der Waals surface area contributed by atoms with Gasteiger partial charge >= 0.3 is 5.69 Å². The fourth-order valence-electron chi connectivity index (χ4n) is 3.91. The van der Waals surface area contributed by atoms with E-state index in [4.69, 9.17) is 0 Å². The SMILES string of the molecule is CSc1cccc(NC(=O)CC2SC(=NC(c3ccc(C(C)C)cc3)c3c(O)[nH]c(=O)[nH]c3=O)NC2=O)c1. The third kappa shape index (κ3) is 6.37. The minimum Gasteiger partial charge on any atom is -0.494 e. The van der Waals surface area contributed by atoms with E-state index >= 15 is 0 Å². The summed E-state index contributed by atoms with van der Waals surface area (Å²) in [7, 11) is 0. The normalized spacial score (nSPS) is 17.0. The van der Waals surface area contributed by atoms with Crippen LogP contribution in [0.4, 0.5) is 5.69 Å². The molecule has 4 rings (SSSR count). The average molecular weight is 554 g/mol. The van der Waals surface area contributed by atoms with E-state index in [-0.39, 0.29) is 29.0 Å². The number of aliphatic imine (C=N–C) groups is 1.